The Bertz CT molecular complexity index is 161. The van der Waals surface area contributed by atoms with Gasteiger partial charge in [0, 0.05) is 6.04 Å². The molecule has 1 nitrogen and oxygen atoms in total. The number of hydrogen-bond acceptors (Lipinski definition) is 1. The number of allylic oxidation sites excluding steroid dienone is 1. The van der Waals surface area contributed by atoms with Gasteiger partial charge in [-0.1, -0.05) is 25.0 Å². The van der Waals surface area contributed by atoms with Crippen molar-refractivity contribution in [3.8, 4) is 0 Å². The van der Waals surface area contributed by atoms with Gasteiger partial charge in [0.15, 0.2) is 0 Å². The van der Waals surface area contributed by atoms with Gasteiger partial charge < -0.3 is 5.32 Å². The predicted octanol–water partition coefficient (Wildman–Crippen LogP) is 3.27. The molecule has 13 heavy (non-hydrogen) atoms. The maximum Gasteiger partial charge on any atom is 0.0101 e. The third kappa shape index (κ3) is 3.95. The first-order chi connectivity index (χ1) is 6.36. The van der Waals surface area contributed by atoms with Crippen LogP contribution in [-0.2, 0) is 0 Å². The molecule has 0 aliphatic heterocycles. The van der Waals surface area contributed by atoms with E-state index in [1.807, 2.05) is 0 Å². The van der Waals surface area contributed by atoms with Crippen molar-refractivity contribution >= 4 is 0 Å². The van der Waals surface area contributed by atoms with Gasteiger partial charge in [0.2, 0.25) is 0 Å². The van der Waals surface area contributed by atoms with E-state index in [2.05, 4.69) is 25.4 Å². The minimum absolute atomic E-state index is 0.717. The molecule has 0 heterocycles. The predicted molar refractivity (Wildman–Crippen MR) is 58.9 cm³/mol. The zero-order valence-electron chi connectivity index (χ0n) is 9.10. The molecular weight excluding hydrogens is 158 g/mol. The lowest BCUT2D eigenvalue weighted by Crippen LogP contribution is -2.25. The van der Waals surface area contributed by atoms with Gasteiger partial charge in [0.1, 0.15) is 0 Å². The molecule has 0 aromatic carbocycles. The average molecular weight is 181 g/mol. The minimum Gasteiger partial charge on any atom is -0.317 e. The lowest BCUT2D eigenvalue weighted by Gasteiger charge is -2.19. The highest BCUT2D eigenvalue weighted by Crippen LogP contribution is 2.22. The van der Waals surface area contributed by atoms with Crippen molar-refractivity contribution in [1.82, 2.24) is 5.32 Å². The lowest BCUT2D eigenvalue weighted by atomic mass is 9.93. The summed E-state index contributed by atoms with van der Waals surface area (Å²) >= 11 is 0. The van der Waals surface area contributed by atoms with Crippen LogP contribution in [0.2, 0.25) is 0 Å². The van der Waals surface area contributed by atoms with E-state index in [0.717, 1.165) is 0 Å². The topological polar surface area (TPSA) is 12.0 Å². The summed E-state index contributed by atoms with van der Waals surface area (Å²) in [5.41, 5.74) is 1.69. The van der Waals surface area contributed by atoms with Gasteiger partial charge in [0.05, 0.1) is 0 Å². The van der Waals surface area contributed by atoms with Crippen molar-refractivity contribution in [2.75, 3.05) is 7.05 Å². The van der Waals surface area contributed by atoms with E-state index in [-0.39, 0.29) is 0 Å². The summed E-state index contributed by atoms with van der Waals surface area (Å²) in [7, 11) is 2.09. The molecule has 0 bridgehead atoms. The van der Waals surface area contributed by atoms with E-state index in [0.29, 0.717) is 6.04 Å². The summed E-state index contributed by atoms with van der Waals surface area (Å²) in [6, 6.07) is 0.717. The first-order valence-electron chi connectivity index (χ1n) is 5.72. The lowest BCUT2D eigenvalue weighted by molar-refractivity contribution is 0.497. The van der Waals surface area contributed by atoms with E-state index in [9.17, 15) is 0 Å². The number of hydrogen-bond donors (Lipinski definition) is 1. The summed E-state index contributed by atoms with van der Waals surface area (Å²) in [6.07, 6.45) is 11.8. The van der Waals surface area contributed by atoms with Crippen LogP contribution in [0.25, 0.3) is 0 Å². The summed E-state index contributed by atoms with van der Waals surface area (Å²) in [6.45, 7) is 2.26. The van der Waals surface area contributed by atoms with E-state index < -0.39 is 0 Å². The van der Waals surface area contributed by atoms with Crippen molar-refractivity contribution in [3.05, 3.63) is 11.6 Å². The van der Waals surface area contributed by atoms with Crippen LogP contribution in [0.4, 0.5) is 0 Å². The van der Waals surface area contributed by atoms with Crippen LogP contribution in [0.3, 0.4) is 0 Å². The molecule has 1 rings (SSSR count). The Hall–Kier alpha value is -0.300. The number of nitrogens with one attached hydrogen (secondary N) is 1. The maximum absolute atomic E-state index is 3.41. The molecule has 0 radical (unpaired) electrons. The Morgan fingerprint density at radius 2 is 2.31 bits per heavy atom. The third-order valence-corrected chi connectivity index (χ3v) is 2.94. The fourth-order valence-corrected chi connectivity index (χ4v) is 2.10. The molecule has 1 aliphatic carbocycles. The maximum atomic E-state index is 3.41. The van der Waals surface area contributed by atoms with Crippen LogP contribution < -0.4 is 5.32 Å². The molecule has 1 unspecified atom stereocenters. The van der Waals surface area contributed by atoms with E-state index >= 15 is 0 Å². The second-order valence-electron chi connectivity index (χ2n) is 4.09. The van der Waals surface area contributed by atoms with Gasteiger partial charge in [-0.25, -0.2) is 0 Å². The third-order valence-electron chi connectivity index (χ3n) is 2.94. The first kappa shape index (κ1) is 10.8. The van der Waals surface area contributed by atoms with Crippen molar-refractivity contribution < 1.29 is 0 Å². The molecule has 0 saturated heterocycles. The molecule has 0 spiro atoms. The number of rotatable bonds is 5. The molecule has 0 saturated carbocycles. The zero-order valence-corrected chi connectivity index (χ0v) is 9.10. The van der Waals surface area contributed by atoms with Crippen LogP contribution in [0.1, 0.15) is 51.9 Å². The standard InChI is InChI=1S/C12H23N/c1-3-7-12(13-2)10-11-8-5-4-6-9-11/h8,12-13H,3-7,9-10H2,1-2H3. The van der Waals surface area contributed by atoms with Gasteiger partial charge in [-0.2, -0.15) is 0 Å². The van der Waals surface area contributed by atoms with Crippen molar-refractivity contribution in [1.29, 1.82) is 0 Å². The van der Waals surface area contributed by atoms with Crippen molar-refractivity contribution in [2.24, 2.45) is 0 Å². The fourth-order valence-electron chi connectivity index (χ4n) is 2.10. The van der Waals surface area contributed by atoms with Gasteiger partial charge in [-0.3, -0.25) is 0 Å². The van der Waals surface area contributed by atoms with Gasteiger partial charge >= 0.3 is 0 Å². The van der Waals surface area contributed by atoms with E-state index in [1.54, 1.807) is 5.57 Å². The summed E-state index contributed by atoms with van der Waals surface area (Å²) in [5.74, 6) is 0. The summed E-state index contributed by atoms with van der Waals surface area (Å²) in [5, 5.41) is 3.41. The van der Waals surface area contributed by atoms with Crippen LogP contribution in [0.5, 0.6) is 0 Å². The molecule has 0 aromatic rings. The Morgan fingerprint density at radius 1 is 1.46 bits per heavy atom. The van der Waals surface area contributed by atoms with Crippen molar-refractivity contribution in [3.63, 3.8) is 0 Å². The largest absolute Gasteiger partial charge is 0.317 e. The molecule has 0 amide bonds. The van der Waals surface area contributed by atoms with E-state index in [4.69, 9.17) is 0 Å². The molecule has 1 aliphatic rings. The van der Waals surface area contributed by atoms with Crippen molar-refractivity contribution in [2.45, 2.75) is 57.9 Å². The molecule has 0 aromatic heterocycles. The fraction of sp³-hybridized carbons (Fsp3) is 0.833. The molecule has 1 heteroatoms. The van der Waals surface area contributed by atoms with Crippen LogP contribution >= 0.6 is 0 Å². The van der Waals surface area contributed by atoms with Crippen LogP contribution in [-0.4, -0.2) is 13.1 Å². The molecule has 76 valence electrons. The second kappa shape index (κ2) is 6.20. The Kier molecular flexibility index (Phi) is 5.14. The smallest absolute Gasteiger partial charge is 0.0101 e. The SMILES string of the molecule is CCCC(CC1=CCCCC1)NC. The Labute approximate surface area is 82.6 Å². The molecule has 1 atom stereocenters. The molecular formula is C12H23N. The Morgan fingerprint density at radius 3 is 2.85 bits per heavy atom. The zero-order chi connectivity index (χ0) is 9.52. The first-order valence-corrected chi connectivity index (χ1v) is 5.72. The highest BCUT2D eigenvalue weighted by molar-refractivity contribution is 5.06. The second-order valence-corrected chi connectivity index (χ2v) is 4.09. The summed E-state index contributed by atoms with van der Waals surface area (Å²) < 4.78 is 0. The van der Waals surface area contributed by atoms with Crippen LogP contribution in [0.15, 0.2) is 11.6 Å². The summed E-state index contributed by atoms with van der Waals surface area (Å²) in [4.78, 5) is 0. The van der Waals surface area contributed by atoms with Gasteiger partial charge in [-0.15, -0.1) is 0 Å². The monoisotopic (exact) mass is 181 g/mol. The highest BCUT2D eigenvalue weighted by Gasteiger charge is 2.09. The molecule has 0 fully saturated rings. The normalized spacial score (nSPS) is 19.7. The van der Waals surface area contributed by atoms with E-state index in [1.165, 1.54) is 44.9 Å². The Balaban J connectivity index is 2.31. The quantitative estimate of drug-likeness (QED) is 0.642. The average Bonchev–Trinajstić information content (AvgIpc) is 2.19. The minimum atomic E-state index is 0.717. The highest BCUT2D eigenvalue weighted by atomic mass is 14.9. The van der Waals surface area contributed by atoms with Gasteiger partial charge in [0.25, 0.3) is 0 Å². The van der Waals surface area contributed by atoms with Gasteiger partial charge in [-0.05, 0) is 45.6 Å². The molecule has 1 N–H and O–H groups in total. The van der Waals surface area contributed by atoms with Crippen LogP contribution in [0, 0.1) is 0 Å².